The molecule has 4 nitrogen and oxygen atoms in total. The Bertz CT molecular complexity index is 2450. The van der Waals surface area contributed by atoms with Gasteiger partial charge in [-0.2, -0.15) is 0 Å². The third-order valence-electron chi connectivity index (χ3n) is 7.85. The molecule has 0 aliphatic heterocycles. The van der Waals surface area contributed by atoms with Gasteiger partial charge in [0.2, 0.25) is 5.71 Å². The van der Waals surface area contributed by atoms with Crippen LogP contribution in [-0.2, 0) is 0 Å². The van der Waals surface area contributed by atoms with Gasteiger partial charge in [0.05, 0.1) is 11.0 Å². The average Bonchev–Trinajstić information content (AvgIpc) is 3.55. The van der Waals surface area contributed by atoms with Crippen molar-refractivity contribution in [3.63, 3.8) is 0 Å². The molecular weight excluding hydrogens is 492 g/mol. The van der Waals surface area contributed by atoms with Crippen molar-refractivity contribution < 1.29 is 8.83 Å². The number of nitrogens with zero attached hydrogens (tertiary/aromatic N) is 2. The zero-order valence-electron chi connectivity index (χ0n) is 21.3. The maximum Gasteiger partial charge on any atom is 0.246 e. The van der Waals surface area contributed by atoms with Crippen LogP contribution in [0.5, 0.6) is 0 Å². The Kier molecular flexibility index (Phi) is 4.30. The number of hydrogen-bond acceptors (Lipinski definition) is 4. The van der Waals surface area contributed by atoms with E-state index in [0.29, 0.717) is 5.71 Å². The number of fused-ring (bicyclic) bond motifs is 8. The molecule has 0 aliphatic rings. The quantitative estimate of drug-likeness (QED) is 0.231. The summed E-state index contributed by atoms with van der Waals surface area (Å²) in [7, 11) is 0. The molecule has 4 heteroatoms. The lowest BCUT2D eigenvalue weighted by molar-refractivity contribution is 0.655. The molecule has 9 rings (SSSR count). The summed E-state index contributed by atoms with van der Waals surface area (Å²) < 4.78 is 12.6. The number of aromatic nitrogens is 2. The zero-order valence-corrected chi connectivity index (χ0v) is 21.3. The van der Waals surface area contributed by atoms with Gasteiger partial charge in [-0.3, -0.25) is 0 Å². The van der Waals surface area contributed by atoms with Crippen LogP contribution in [0.1, 0.15) is 0 Å². The molecule has 0 N–H and O–H groups in total. The van der Waals surface area contributed by atoms with Crippen molar-refractivity contribution in [3.05, 3.63) is 121 Å². The molecule has 0 unspecified atom stereocenters. The highest BCUT2D eigenvalue weighted by Gasteiger charge is 2.15. The molecule has 186 valence electrons. The molecule has 0 atom stereocenters. The van der Waals surface area contributed by atoms with Gasteiger partial charge in [-0.1, -0.05) is 78.9 Å². The molecule has 0 aliphatic carbocycles. The van der Waals surface area contributed by atoms with E-state index in [9.17, 15) is 0 Å². The largest absolute Gasteiger partial charge is 0.455 e. The van der Waals surface area contributed by atoms with E-state index in [1.54, 1.807) is 0 Å². The summed E-state index contributed by atoms with van der Waals surface area (Å²) in [5, 5.41) is 5.61. The maximum atomic E-state index is 6.49. The monoisotopic (exact) mass is 512 g/mol. The average molecular weight is 513 g/mol. The van der Waals surface area contributed by atoms with Crippen LogP contribution in [0.2, 0.25) is 0 Å². The Hall–Kier alpha value is -5.48. The molecule has 3 aromatic heterocycles. The third-order valence-corrected chi connectivity index (χ3v) is 7.85. The SMILES string of the molecule is c1cc(-c2ccc3oc4nc5ccccc5nc4c3c2)cc(-c2cccc3c2oc2cc4ccccc4cc23)c1. The van der Waals surface area contributed by atoms with E-state index < -0.39 is 0 Å². The fourth-order valence-electron chi connectivity index (χ4n) is 5.90. The molecule has 0 saturated heterocycles. The van der Waals surface area contributed by atoms with Gasteiger partial charge in [0.15, 0.2) is 0 Å². The molecule has 3 heterocycles. The summed E-state index contributed by atoms with van der Waals surface area (Å²) in [6.07, 6.45) is 0. The summed E-state index contributed by atoms with van der Waals surface area (Å²) in [6.45, 7) is 0. The Morgan fingerprint density at radius 3 is 2.10 bits per heavy atom. The van der Waals surface area contributed by atoms with Gasteiger partial charge in [-0.05, 0) is 69.9 Å². The van der Waals surface area contributed by atoms with E-state index in [2.05, 4.69) is 91.0 Å². The van der Waals surface area contributed by atoms with E-state index in [1.165, 1.54) is 10.8 Å². The predicted octanol–water partition coefficient (Wildman–Crippen LogP) is 9.92. The van der Waals surface area contributed by atoms with E-state index in [4.69, 9.17) is 18.8 Å². The predicted molar refractivity (Wildman–Crippen MR) is 162 cm³/mol. The first-order valence-electron chi connectivity index (χ1n) is 13.3. The number of para-hydroxylation sites is 3. The summed E-state index contributed by atoms with van der Waals surface area (Å²) in [4.78, 5) is 9.57. The fourth-order valence-corrected chi connectivity index (χ4v) is 5.90. The number of hydrogen-bond donors (Lipinski definition) is 0. The van der Waals surface area contributed by atoms with Crippen molar-refractivity contribution >= 4 is 65.9 Å². The highest BCUT2D eigenvalue weighted by Crippen LogP contribution is 2.39. The van der Waals surface area contributed by atoms with Crippen LogP contribution in [0.15, 0.2) is 130 Å². The molecule has 0 fully saturated rings. The van der Waals surface area contributed by atoms with E-state index >= 15 is 0 Å². The second-order valence-corrected chi connectivity index (χ2v) is 10.2. The molecule has 0 radical (unpaired) electrons. The Morgan fingerprint density at radius 2 is 1.20 bits per heavy atom. The van der Waals surface area contributed by atoms with Crippen LogP contribution in [0, 0.1) is 0 Å². The van der Waals surface area contributed by atoms with E-state index in [-0.39, 0.29) is 0 Å². The first kappa shape index (κ1) is 21.5. The molecule has 6 aromatic carbocycles. The summed E-state index contributed by atoms with van der Waals surface area (Å²) in [5.74, 6) is 0. The second-order valence-electron chi connectivity index (χ2n) is 10.2. The molecule has 9 aromatic rings. The van der Waals surface area contributed by atoms with Gasteiger partial charge in [0.25, 0.3) is 0 Å². The van der Waals surface area contributed by atoms with Crippen LogP contribution < -0.4 is 0 Å². The van der Waals surface area contributed by atoms with Crippen LogP contribution in [-0.4, -0.2) is 9.97 Å². The van der Waals surface area contributed by atoms with E-state index in [0.717, 1.165) is 71.7 Å². The van der Waals surface area contributed by atoms with Gasteiger partial charge in [0.1, 0.15) is 22.3 Å². The van der Waals surface area contributed by atoms with Crippen LogP contribution in [0.3, 0.4) is 0 Å². The summed E-state index contributed by atoms with van der Waals surface area (Å²) in [5.41, 5.74) is 10.0. The highest BCUT2D eigenvalue weighted by atomic mass is 16.3. The molecule has 0 spiro atoms. The molecule has 40 heavy (non-hydrogen) atoms. The Morgan fingerprint density at radius 1 is 0.450 bits per heavy atom. The number of benzene rings is 6. The zero-order chi connectivity index (χ0) is 26.2. The minimum atomic E-state index is 0.559. The lowest BCUT2D eigenvalue weighted by Gasteiger charge is -2.07. The minimum Gasteiger partial charge on any atom is -0.455 e. The topological polar surface area (TPSA) is 52.1 Å². The van der Waals surface area contributed by atoms with Crippen LogP contribution in [0.4, 0.5) is 0 Å². The van der Waals surface area contributed by atoms with Crippen LogP contribution in [0.25, 0.3) is 88.2 Å². The van der Waals surface area contributed by atoms with Gasteiger partial charge in [-0.25, -0.2) is 9.97 Å². The molecule has 0 bridgehead atoms. The smallest absolute Gasteiger partial charge is 0.246 e. The minimum absolute atomic E-state index is 0.559. The molecular formula is C36H20N2O2. The van der Waals surface area contributed by atoms with Crippen molar-refractivity contribution in [1.82, 2.24) is 9.97 Å². The third kappa shape index (κ3) is 3.13. The molecule has 0 saturated carbocycles. The fraction of sp³-hybridized carbons (Fsp3) is 0. The standard InChI is InChI=1S/C36H20N2O2/c1-2-8-23-20-33-28(18-22(23)7-1)27-12-6-11-26(35(27)39-33)25-10-5-9-21(17-25)24-15-16-32-29(19-24)34-36(40-32)38-31-14-4-3-13-30(31)37-34/h1-20H. The second kappa shape index (κ2) is 8.01. The lowest BCUT2D eigenvalue weighted by Crippen LogP contribution is -1.84. The van der Waals surface area contributed by atoms with Gasteiger partial charge < -0.3 is 8.83 Å². The van der Waals surface area contributed by atoms with Gasteiger partial charge in [-0.15, -0.1) is 0 Å². The van der Waals surface area contributed by atoms with Gasteiger partial charge in [0, 0.05) is 21.7 Å². The van der Waals surface area contributed by atoms with Gasteiger partial charge >= 0.3 is 0 Å². The number of rotatable bonds is 2. The normalized spacial score (nSPS) is 12.0. The van der Waals surface area contributed by atoms with Crippen LogP contribution >= 0.6 is 0 Å². The lowest BCUT2D eigenvalue weighted by atomic mass is 9.97. The first-order chi connectivity index (χ1) is 19.8. The first-order valence-corrected chi connectivity index (χ1v) is 13.3. The van der Waals surface area contributed by atoms with Crippen molar-refractivity contribution in [2.24, 2.45) is 0 Å². The number of furan rings is 2. The van der Waals surface area contributed by atoms with E-state index in [1.807, 2.05) is 30.3 Å². The Balaban J connectivity index is 1.20. The highest BCUT2D eigenvalue weighted by molar-refractivity contribution is 6.13. The maximum absolute atomic E-state index is 6.49. The van der Waals surface area contributed by atoms with Crippen molar-refractivity contribution in [3.8, 4) is 22.3 Å². The Labute approximate surface area is 228 Å². The summed E-state index contributed by atoms with van der Waals surface area (Å²) in [6, 6.07) is 41.9. The van der Waals surface area contributed by atoms with Crippen molar-refractivity contribution in [2.45, 2.75) is 0 Å². The van der Waals surface area contributed by atoms with Crippen molar-refractivity contribution in [2.75, 3.05) is 0 Å². The molecule has 0 amide bonds. The summed E-state index contributed by atoms with van der Waals surface area (Å²) >= 11 is 0. The van der Waals surface area contributed by atoms with Crippen molar-refractivity contribution in [1.29, 1.82) is 0 Å².